The van der Waals surface area contributed by atoms with Crippen LogP contribution in [0.25, 0.3) is 0 Å². The standard InChI is InChI=1S/C26H34N2O2/c1-21(23-10-6-3-7-11-23)27-24-18-25(12-14-26(15-13-25)29-16-17-30-26)28(20-24)19-22-8-4-2-5-9-22/h2-11,21,24,27H,12-20H2,1H3/t21-,24?/m0/s1. The summed E-state index contributed by atoms with van der Waals surface area (Å²) in [5.41, 5.74) is 3.01. The molecule has 2 aromatic carbocycles. The number of benzene rings is 2. The predicted molar refractivity (Wildman–Crippen MR) is 119 cm³/mol. The smallest absolute Gasteiger partial charge is 0.168 e. The Morgan fingerprint density at radius 3 is 2.23 bits per heavy atom. The minimum absolute atomic E-state index is 0.241. The highest BCUT2D eigenvalue weighted by Gasteiger charge is 2.52. The van der Waals surface area contributed by atoms with Crippen molar-refractivity contribution in [1.82, 2.24) is 10.2 Å². The van der Waals surface area contributed by atoms with E-state index < -0.39 is 0 Å². The van der Waals surface area contributed by atoms with Crippen LogP contribution < -0.4 is 5.32 Å². The van der Waals surface area contributed by atoms with Crippen molar-refractivity contribution in [2.45, 2.75) is 69.0 Å². The van der Waals surface area contributed by atoms with Crippen molar-refractivity contribution in [3.8, 4) is 0 Å². The van der Waals surface area contributed by atoms with E-state index >= 15 is 0 Å². The first-order valence-corrected chi connectivity index (χ1v) is 11.5. The van der Waals surface area contributed by atoms with E-state index in [9.17, 15) is 0 Å². The summed E-state index contributed by atoms with van der Waals surface area (Å²) < 4.78 is 12.1. The number of likely N-dealkylation sites (tertiary alicyclic amines) is 1. The second-order valence-electron chi connectivity index (χ2n) is 9.40. The molecule has 30 heavy (non-hydrogen) atoms. The average molecular weight is 407 g/mol. The lowest BCUT2D eigenvalue weighted by atomic mass is 9.76. The first-order chi connectivity index (χ1) is 14.7. The Morgan fingerprint density at radius 1 is 0.933 bits per heavy atom. The summed E-state index contributed by atoms with van der Waals surface area (Å²) in [6, 6.07) is 22.6. The van der Waals surface area contributed by atoms with E-state index in [-0.39, 0.29) is 11.3 Å². The van der Waals surface area contributed by atoms with Crippen molar-refractivity contribution < 1.29 is 9.47 Å². The Balaban J connectivity index is 1.32. The maximum Gasteiger partial charge on any atom is 0.168 e. The largest absolute Gasteiger partial charge is 0.348 e. The van der Waals surface area contributed by atoms with Crippen molar-refractivity contribution in [3.05, 3.63) is 71.8 Å². The van der Waals surface area contributed by atoms with Crippen LogP contribution in [-0.2, 0) is 16.0 Å². The molecule has 3 aliphatic rings. The van der Waals surface area contributed by atoms with Gasteiger partial charge in [0.25, 0.3) is 0 Å². The zero-order chi connectivity index (χ0) is 20.4. The molecular formula is C26H34N2O2. The molecule has 2 saturated heterocycles. The molecular weight excluding hydrogens is 372 g/mol. The summed E-state index contributed by atoms with van der Waals surface area (Å²) in [6.07, 6.45) is 5.53. The van der Waals surface area contributed by atoms with Gasteiger partial charge in [-0.3, -0.25) is 4.90 Å². The minimum atomic E-state index is -0.299. The summed E-state index contributed by atoms with van der Waals surface area (Å²) in [5.74, 6) is -0.299. The third-order valence-electron chi connectivity index (χ3n) is 7.50. The summed E-state index contributed by atoms with van der Waals surface area (Å²) in [5, 5.41) is 3.94. The highest BCUT2D eigenvalue weighted by Crippen LogP contribution is 2.48. The first-order valence-electron chi connectivity index (χ1n) is 11.5. The van der Waals surface area contributed by atoms with Gasteiger partial charge < -0.3 is 14.8 Å². The fraction of sp³-hybridized carbons (Fsp3) is 0.538. The zero-order valence-corrected chi connectivity index (χ0v) is 18.1. The highest BCUT2D eigenvalue weighted by molar-refractivity contribution is 5.20. The molecule has 3 fully saturated rings. The third kappa shape index (κ3) is 4.06. The maximum absolute atomic E-state index is 6.03. The van der Waals surface area contributed by atoms with Crippen LogP contribution in [0.1, 0.15) is 56.2 Å². The van der Waals surface area contributed by atoms with Gasteiger partial charge in [-0.1, -0.05) is 60.7 Å². The van der Waals surface area contributed by atoms with Crippen LogP contribution in [0.5, 0.6) is 0 Å². The van der Waals surface area contributed by atoms with Gasteiger partial charge in [0.1, 0.15) is 0 Å². The molecule has 2 spiro atoms. The molecule has 2 heterocycles. The number of hydrogen-bond donors (Lipinski definition) is 1. The zero-order valence-electron chi connectivity index (χ0n) is 18.1. The van der Waals surface area contributed by atoms with Gasteiger partial charge in [0.05, 0.1) is 13.2 Å². The van der Waals surface area contributed by atoms with Crippen LogP contribution in [0.2, 0.25) is 0 Å². The fourth-order valence-electron chi connectivity index (χ4n) is 5.85. The lowest BCUT2D eigenvalue weighted by Gasteiger charge is -2.46. The highest BCUT2D eigenvalue weighted by atomic mass is 16.7. The topological polar surface area (TPSA) is 33.7 Å². The number of ether oxygens (including phenoxy) is 2. The molecule has 1 aliphatic carbocycles. The number of rotatable bonds is 5. The molecule has 1 saturated carbocycles. The Morgan fingerprint density at radius 2 is 1.57 bits per heavy atom. The quantitative estimate of drug-likeness (QED) is 0.783. The van der Waals surface area contributed by atoms with Crippen molar-refractivity contribution in [1.29, 1.82) is 0 Å². The Hall–Kier alpha value is -1.72. The van der Waals surface area contributed by atoms with Gasteiger partial charge in [0.15, 0.2) is 5.79 Å². The average Bonchev–Trinajstić information content (AvgIpc) is 3.37. The van der Waals surface area contributed by atoms with Gasteiger partial charge in [0, 0.05) is 43.6 Å². The minimum Gasteiger partial charge on any atom is -0.348 e. The van der Waals surface area contributed by atoms with Crippen molar-refractivity contribution in [2.24, 2.45) is 0 Å². The van der Waals surface area contributed by atoms with Crippen LogP contribution in [0.15, 0.2) is 60.7 Å². The molecule has 0 aromatic heterocycles. The van der Waals surface area contributed by atoms with Gasteiger partial charge in [-0.2, -0.15) is 0 Å². The molecule has 0 radical (unpaired) electrons. The lowest BCUT2D eigenvalue weighted by molar-refractivity contribution is -0.192. The molecule has 5 rings (SSSR count). The van der Waals surface area contributed by atoms with E-state index in [1.807, 2.05) is 0 Å². The predicted octanol–water partition coefficient (Wildman–Crippen LogP) is 4.67. The van der Waals surface area contributed by atoms with Crippen molar-refractivity contribution in [3.63, 3.8) is 0 Å². The second-order valence-corrected chi connectivity index (χ2v) is 9.40. The second kappa shape index (κ2) is 8.43. The molecule has 1 N–H and O–H groups in total. The Kier molecular flexibility index (Phi) is 5.67. The normalized spacial score (nSPS) is 26.4. The van der Waals surface area contributed by atoms with Crippen LogP contribution in [0, 0.1) is 0 Å². The van der Waals surface area contributed by atoms with Crippen LogP contribution in [0.4, 0.5) is 0 Å². The number of nitrogens with one attached hydrogen (secondary N) is 1. The van der Waals surface area contributed by atoms with Crippen LogP contribution in [-0.4, -0.2) is 42.0 Å². The molecule has 0 amide bonds. The molecule has 4 nitrogen and oxygen atoms in total. The lowest BCUT2D eigenvalue weighted by Crippen LogP contribution is -2.50. The summed E-state index contributed by atoms with van der Waals surface area (Å²) in [7, 11) is 0. The van der Waals surface area contributed by atoms with E-state index in [1.54, 1.807) is 0 Å². The van der Waals surface area contributed by atoms with Crippen molar-refractivity contribution in [2.75, 3.05) is 19.8 Å². The third-order valence-corrected chi connectivity index (χ3v) is 7.50. The molecule has 1 unspecified atom stereocenters. The molecule has 2 aliphatic heterocycles. The van der Waals surface area contributed by atoms with Gasteiger partial charge >= 0.3 is 0 Å². The fourth-order valence-corrected chi connectivity index (χ4v) is 5.85. The maximum atomic E-state index is 6.03. The van der Waals surface area contributed by atoms with Crippen LogP contribution in [0.3, 0.4) is 0 Å². The van der Waals surface area contributed by atoms with Gasteiger partial charge in [-0.25, -0.2) is 0 Å². The van der Waals surface area contributed by atoms with Crippen LogP contribution >= 0.6 is 0 Å². The van der Waals surface area contributed by atoms with Gasteiger partial charge in [-0.15, -0.1) is 0 Å². The number of nitrogens with zero attached hydrogens (tertiary/aromatic N) is 1. The Labute approximate surface area is 180 Å². The van der Waals surface area contributed by atoms with E-state index in [4.69, 9.17) is 9.47 Å². The summed E-state index contributed by atoms with van der Waals surface area (Å²) in [6.45, 7) is 5.91. The SMILES string of the molecule is C[C@H](NC1CN(Cc2ccccc2)C2(CCC3(CC2)OCCO3)C1)c1ccccc1. The van der Waals surface area contributed by atoms with E-state index in [2.05, 4.69) is 77.8 Å². The van der Waals surface area contributed by atoms with Gasteiger partial charge in [-0.05, 0) is 37.3 Å². The van der Waals surface area contributed by atoms with E-state index in [0.29, 0.717) is 12.1 Å². The van der Waals surface area contributed by atoms with E-state index in [1.165, 1.54) is 17.5 Å². The summed E-state index contributed by atoms with van der Waals surface area (Å²) >= 11 is 0. The Bertz CT molecular complexity index is 809. The first kappa shape index (κ1) is 20.2. The van der Waals surface area contributed by atoms with Gasteiger partial charge in [0.2, 0.25) is 0 Å². The molecule has 2 atom stereocenters. The van der Waals surface area contributed by atoms with E-state index in [0.717, 1.165) is 52.0 Å². The molecule has 4 heteroatoms. The summed E-state index contributed by atoms with van der Waals surface area (Å²) in [4.78, 5) is 2.75. The molecule has 160 valence electrons. The molecule has 2 aromatic rings. The number of hydrogen-bond acceptors (Lipinski definition) is 4. The monoisotopic (exact) mass is 406 g/mol. The van der Waals surface area contributed by atoms with Crippen molar-refractivity contribution >= 4 is 0 Å². The molecule has 0 bridgehead atoms.